The lowest BCUT2D eigenvalue weighted by atomic mass is 10.1. The summed E-state index contributed by atoms with van der Waals surface area (Å²) >= 11 is 0. The van der Waals surface area contributed by atoms with Gasteiger partial charge >= 0.3 is 0 Å². The maximum Gasteiger partial charge on any atom is 0.102 e. The Hall–Kier alpha value is -0.780. The summed E-state index contributed by atoms with van der Waals surface area (Å²) in [6.07, 6.45) is 5.12. The van der Waals surface area contributed by atoms with E-state index in [-0.39, 0.29) is 18.3 Å². The summed E-state index contributed by atoms with van der Waals surface area (Å²) in [5.74, 6) is 5.88. The topological polar surface area (TPSA) is 18.5 Å². The predicted octanol–water partition coefficient (Wildman–Crippen LogP) is 1.76. The fourth-order valence-electron chi connectivity index (χ4n) is 1.39. The highest BCUT2D eigenvalue weighted by Gasteiger charge is 2.24. The van der Waals surface area contributed by atoms with Crippen LogP contribution in [0, 0.1) is 11.8 Å². The molecule has 0 radical (unpaired) electrons. The van der Waals surface area contributed by atoms with Crippen LogP contribution in [0.4, 0.5) is 0 Å². The number of hydrogen-bond donors (Lipinski definition) is 0. The summed E-state index contributed by atoms with van der Waals surface area (Å²) in [5.41, 5.74) is 0. The van der Waals surface area contributed by atoms with Gasteiger partial charge in [-0.1, -0.05) is 12.2 Å². The molecule has 0 saturated heterocycles. The van der Waals surface area contributed by atoms with Crippen LogP contribution in [0.25, 0.3) is 0 Å². The molecule has 1 heterocycles. The second-order valence-electron chi connectivity index (χ2n) is 3.10. The van der Waals surface area contributed by atoms with Crippen LogP contribution in [0.15, 0.2) is 12.2 Å². The normalized spacial score (nSPS) is 32.4. The minimum absolute atomic E-state index is 0.0528. The molecule has 0 spiro atoms. The van der Waals surface area contributed by atoms with Crippen LogP contribution in [0.5, 0.6) is 0 Å². The first-order chi connectivity index (χ1) is 6.27. The Kier molecular flexibility index (Phi) is 4.01. The summed E-state index contributed by atoms with van der Waals surface area (Å²) in [6.45, 7) is 3.86. The second kappa shape index (κ2) is 5.06. The van der Waals surface area contributed by atoms with E-state index in [1.807, 2.05) is 19.9 Å². The highest BCUT2D eigenvalue weighted by molar-refractivity contribution is 5.06. The number of rotatable bonds is 2. The lowest BCUT2D eigenvalue weighted by molar-refractivity contribution is -0.0612. The van der Waals surface area contributed by atoms with Crippen molar-refractivity contribution in [3.63, 3.8) is 0 Å². The van der Waals surface area contributed by atoms with E-state index in [0.717, 1.165) is 6.42 Å². The van der Waals surface area contributed by atoms with Crippen molar-refractivity contribution in [2.24, 2.45) is 0 Å². The number of methoxy groups -OCH3 is 1. The molecule has 1 aliphatic rings. The van der Waals surface area contributed by atoms with E-state index in [2.05, 4.69) is 17.9 Å². The molecule has 0 N–H and O–H groups in total. The summed E-state index contributed by atoms with van der Waals surface area (Å²) < 4.78 is 10.9. The van der Waals surface area contributed by atoms with Crippen LogP contribution in [0.2, 0.25) is 0 Å². The SMILES string of the molecule is CC#CCC1O[C@H](C)C=C[C@@H]1OC. The summed E-state index contributed by atoms with van der Waals surface area (Å²) in [7, 11) is 1.70. The molecular weight excluding hydrogens is 164 g/mol. The van der Waals surface area contributed by atoms with E-state index in [0.29, 0.717) is 0 Å². The minimum atomic E-state index is 0.0528. The lowest BCUT2D eigenvalue weighted by Crippen LogP contribution is -2.35. The van der Waals surface area contributed by atoms with Gasteiger partial charge in [0.1, 0.15) is 6.10 Å². The fraction of sp³-hybridized carbons (Fsp3) is 0.636. The average Bonchev–Trinajstić information content (AvgIpc) is 2.15. The molecule has 0 aliphatic carbocycles. The van der Waals surface area contributed by atoms with Gasteiger partial charge in [-0.3, -0.25) is 0 Å². The molecule has 0 aromatic rings. The Morgan fingerprint density at radius 2 is 2.23 bits per heavy atom. The molecule has 1 unspecified atom stereocenters. The van der Waals surface area contributed by atoms with Crippen molar-refractivity contribution in [1.82, 2.24) is 0 Å². The van der Waals surface area contributed by atoms with Crippen LogP contribution in [0.3, 0.4) is 0 Å². The molecule has 0 saturated carbocycles. The van der Waals surface area contributed by atoms with E-state index in [1.165, 1.54) is 0 Å². The van der Waals surface area contributed by atoms with E-state index in [9.17, 15) is 0 Å². The maximum absolute atomic E-state index is 5.68. The highest BCUT2D eigenvalue weighted by Crippen LogP contribution is 2.17. The maximum atomic E-state index is 5.68. The van der Waals surface area contributed by atoms with Crippen molar-refractivity contribution >= 4 is 0 Å². The molecule has 1 aliphatic heterocycles. The van der Waals surface area contributed by atoms with E-state index >= 15 is 0 Å². The molecular formula is C11H16O2. The minimum Gasteiger partial charge on any atom is -0.375 e. The van der Waals surface area contributed by atoms with Crippen LogP contribution in [0.1, 0.15) is 20.3 Å². The second-order valence-corrected chi connectivity index (χ2v) is 3.10. The van der Waals surface area contributed by atoms with Crippen LogP contribution in [-0.4, -0.2) is 25.4 Å². The first-order valence-electron chi connectivity index (χ1n) is 4.54. The standard InChI is InChI=1S/C11H16O2/c1-4-5-6-11-10(12-3)8-7-9(2)13-11/h7-11H,6H2,1-3H3/t9-,10+,11?/m1/s1. The molecule has 72 valence electrons. The lowest BCUT2D eigenvalue weighted by Gasteiger charge is -2.28. The van der Waals surface area contributed by atoms with Gasteiger partial charge in [-0.2, -0.15) is 0 Å². The van der Waals surface area contributed by atoms with Crippen molar-refractivity contribution in [1.29, 1.82) is 0 Å². The molecule has 0 bridgehead atoms. The van der Waals surface area contributed by atoms with E-state index in [1.54, 1.807) is 7.11 Å². The molecule has 0 amide bonds. The van der Waals surface area contributed by atoms with Crippen molar-refractivity contribution in [3.8, 4) is 11.8 Å². The average molecular weight is 180 g/mol. The van der Waals surface area contributed by atoms with Gasteiger partial charge in [0.05, 0.1) is 12.2 Å². The molecule has 1 rings (SSSR count). The number of hydrogen-bond acceptors (Lipinski definition) is 2. The van der Waals surface area contributed by atoms with E-state index < -0.39 is 0 Å². The van der Waals surface area contributed by atoms with Gasteiger partial charge in [-0.25, -0.2) is 0 Å². The monoisotopic (exact) mass is 180 g/mol. The van der Waals surface area contributed by atoms with Gasteiger partial charge in [0, 0.05) is 13.5 Å². The first kappa shape index (κ1) is 10.3. The number of ether oxygens (including phenoxy) is 2. The molecule has 2 heteroatoms. The fourth-order valence-corrected chi connectivity index (χ4v) is 1.39. The Bertz CT molecular complexity index is 234. The Balaban J connectivity index is 2.57. The largest absolute Gasteiger partial charge is 0.375 e. The van der Waals surface area contributed by atoms with Gasteiger partial charge < -0.3 is 9.47 Å². The zero-order valence-electron chi connectivity index (χ0n) is 8.41. The van der Waals surface area contributed by atoms with Gasteiger partial charge in [-0.05, 0) is 13.8 Å². The molecule has 13 heavy (non-hydrogen) atoms. The summed E-state index contributed by atoms with van der Waals surface area (Å²) in [5, 5.41) is 0. The van der Waals surface area contributed by atoms with Crippen LogP contribution < -0.4 is 0 Å². The third-order valence-corrected chi connectivity index (χ3v) is 2.08. The Labute approximate surface area is 79.9 Å². The first-order valence-corrected chi connectivity index (χ1v) is 4.54. The van der Waals surface area contributed by atoms with Crippen molar-refractivity contribution in [2.45, 2.75) is 38.6 Å². The van der Waals surface area contributed by atoms with Gasteiger partial charge in [-0.15, -0.1) is 11.8 Å². The van der Waals surface area contributed by atoms with Crippen LogP contribution in [-0.2, 0) is 9.47 Å². The Morgan fingerprint density at radius 1 is 1.46 bits per heavy atom. The third-order valence-electron chi connectivity index (χ3n) is 2.08. The van der Waals surface area contributed by atoms with Crippen molar-refractivity contribution in [3.05, 3.63) is 12.2 Å². The molecule has 2 nitrogen and oxygen atoms in total. The zero-order chi connectivity index (χ0) is 9.68. The van der Waals surface area contributed by atoms with Crippen LogP contribution >= 0.6 is 0 Å². The smallest absolute Gasteiger partial charge is 0.102 e. The molecule has 3 atom stereocenters. The summed E-state index contributed by atoms with van der Waals surface area (Å²) in [4.78, 5) is 0. The van der Waals surface area contributed by atoms with Gasteiger partial charge in [0.15, 0.2) is 0 Å². The quantitative estimate of drug-likeness (QED) is 0.476. The predicted molar refractivity (Wildman–Crippen MR) is 52.3 cm³/mol. The Morgan fingerprint density at radius 3 is 2.85 bits per heavy atom. The molecule has 0 fully saturated rings. The third kappa shape index (κ3) is 2.87. The molecule has 0 aromatic heterocycles. The van der Waals surface area contributed by atoms with Gasteiger partial charge in [0.25, 0.3) is 0 Å². The van der Waals surface area contributed by atoms with Crippen molar-refractivity contribution in [2.75, 3.05) is 7.11 Å². The van der Waals surface area contributed by atoms with Crippen molar-refractivity contribution < 1.29 is 9.47 Å². The summed E-state index contributed by atoms with van der Waals surface area (Å²) in [6, 6.07) is 0. The molecule has 0 aromatic carbocycles. The highest BCUT2D eigenvalue weighted by atomic mass is 16.5. The van der Waals surface area contributed by atoms with Gasteiger partial charge in [0.2, 0.25) is 0 Å². The zero-order valence-corrected chi connectivity index (χ0v) is 8.41. The van der Waals surface area contributed by atoms with E-state index in [4.69, 9.17) is 9.47 Å².